The Bertz CT molecular complexity index is 2330. The molecule has 8 fully saturated rings. The van der Waals surface area contributed by atoms with Gasteiger partial charge in [0.05, 0.1) is 51.7 Å². The average Bonchev–Trinajstić information content (AvgIpc) is 1.44. The van der Waals surface area contributed by atoms with Gasteiger partial charge >= 0.3 is 5.97 Å². The van der Waals surface area contributed by atoms with Crippen LogP contribution in [0.4, 0.5) is 0 Å². The lowest BCUT2D eigenvalue weighted by Gasteiger charge is -2.57. The molecule has 16 N–H and O–H groups in total. The third kappa shape index (κ3) is 13.0. The molecule has 9 rings (SSSR count). The Morgan fingerprint density at radius 1 is 0.616 bits per heavy atom. The number of carbonyl (C=O) groups is 3. The van der Waals surface area contributed by atoms with E-state index in [-0.39, 0.29) is 67.5 Å². The first-order valence-electron chi connectivity index (χ1n) is 29.7. The molecule has 4 aliphatic carbocycles. The van der Waals surface area contributed by atoms with Crippen molar-refractivity contribution in [1.82, 2.24) is 0 Å². The van der Waals surface area contributed by atoms with Gasteiger partial charge in [-0.15, -0.1) is 0 Å². The number of carbonyl (C=O) groups excluding carboxylic acids is 3. The Hall–Kier alpha value is -2.49. The Balaban J connectivity index is 0.847. The van der Waals surface area contributed by atoms with Crippen LogP contribution in [0.25, 0.3) is 0 Å². The van der Waals surface area contributed by atoms with Crippen LogP contribution in [0.15, 0.2) is 11.6 Å². The molecule has 0 aromatic carbocycles. The van der Waals surface area contributed by atoms with Crippen LogP contribution in [0, 0.1) is 40.4 Å². The van der Waals surface area contributed by atoms with Crippen LogP contribution in [-0.2, 0) is 66.5 Å². The predicted molar refractivity (Wildman–Crippen MR) is 280 cm³/mol. The lowest BCUT2D eigenvalue weighted by molar-refractivity contribution is -0.403. The number of hydrogen-bond acceptors (Lipinski definition) is 30. The van der Waals surface area contributed by atoms with Gasteiger partial charge in [0.15, 0.2) is 31.5 Å². The number of ether oxygens (including phenoxy) is 11. The highest BCUT2D eigenvalue weighted by atomic mass is 16.8. The average molecular weight is 1240 g/mol. The van der Waals surface area contributed by atoms with Crippen LogP contribution < -0.4 is 0 Å². The smallest absolute Gasteiger partial charge is 0.306 e. The van der Waals surface area contributed by atoms with Crippen LogP contribution in [0.2, 0.25) is 0 Å². The molecule has 5 saturated heterocycles. The molecule has 3 saturated carbocycles. The summed E-state index contributed by atoms with van der Waals surface area (Å²) in [5, 5.41) is 170. The molecule has 9 aliphatic rings. The van der Waals surface area contributed by atoms with E-state index in [0.717, 1.165) is 5.57 Å². The molecule has 492 valence electrons. The zero-order valence-corrected chi connectivity index (χ0v) is 48.2. The molecule has 0 spiro atoms. The van der Waals surface area contributed by atoms with Crippen molar-refractivity contribution in [3.8, 4) is 0 Å². The normalized spacial score (nSPS) is 50.1. The Morgan fingerprint density at radius 3 is 1.80 bits per heavy atom. The van der Waals surface area contributed by atoms with Gasteiger partial charge in [-0.25, -0.2) is 0 Å². The zero-order chi connectivity index (χ0) is 62.6. The molecule has 0 aromatic rings. The van der Waals surface area contributed by atoms with Gasteiger partial charge < -0.3 is 134 Å². The molecule has 5 heterocycles. The molecule has 33 atom stereocenters. The summed E-state index contributed by atoms with van der Waals surface area (Å²) in [7, 11) is 0. The minimum atomic E-state index is -2.06. The van der Waals surface area contributed by atoms with Gasteiger partial charge in [0, 0.05) is 18.3 Å². The van der Waals surface area contributed by atoms with Crippen molar-refractivity contribution in [3.05, 3.63) is 11.6 Å². The van der Waals surface area contributed by atoms with Gasteiger partial charge in [0.25, 0.3) is 0 Å². The lowest BCUT2D eigenvalue weighted by atomic mass is 9.47. The van der Waals surface area contributed by atoms with Crippen LogP contribution in [0.5, 0.6) is 0 Å². The largest absolute Gasteiger partial charge is 0.462 e. The number of allylic oxidation sites excluding steroid dienone is 1. The number of fused-ring (bicyclic) bond motifs is 5. The number of rotatable bonds is 20. The van der Waals surface area contributed by atoms with E-state index >= 15 is 0 Å². The lowest BCUT2D eigenvalue weighted by Crippen LogP contribution is -2.68. The Morgan fingerprint density at radius 2 is 1.16 bits per heavy atom. The van der Waals surface area contributed by atoms with Gasteiger partial charge in [-0.3, -0.25) is 14.4 Å². The molecule has 0 amide bonds. The van der Waals surface area contributed by atoms with Crippen molar-refractivity contribution >= 4 is 17.5 Å². The molecule has 1 unspecified atom stereocenters. The second-order valence-corrected chi connectivity index (χ2v) is 25.4. The molecule has 0 aromatic heterocycles. The monoisotopic (exact) mass is 1240 g/mol. The van der Waals surface area contributed by atoms with E-state index in [2.05, 4.69) is 13.0 Å². The van der Waals surface area contributed by atoms with Gasteiger partial charge in [-0.1, -0.05) is 32.4 Å². The second kappa shape index (κ2) is 27.8. The molecule has 86 heavy (non-hydrogen) atoms. The number of aliphatic hydroxyl groups is 16. The summed E-state index contributed by atoms with van der Waals surface area (Å²) in [6.07, 6.45) is -38.7. The molecule has 5 aliphatic heterocycles. The highest BCUT2D eigenvalue weighted by Crippen LogP contribution is 2.66. The van der Waals surface area contributed by atoms with Gasteiger partial charge in [0.1, 0.15) is 134 Å². The van der Waals surface area contributed by atoms with E-state index in [4.69, 9.17) is 52.1 Å². The third-order valence-electron chi connectivity index (χ3n) is 20.0. The third-order valence-corrected chi connectivity index (χ3v) is 20.0. The van der Waals surface area contributed by atoms with Gasteiger partial charge in [-0.05, 0) is 74.5 Å². The first kappa shape index (κ1) is 67.9. The summed E-state index contributed by atoms with van der Waals surface area (Å²) >= 11 is 0. The fraction of sp³-hybridized carbons (Fsp3) is 0.911. The minimum Gasteiger partial charge on any atom is -0.462 e. The topological polar surface area (TPSA) is 476 Å². The van der Waals surface area contributed by atoms with Crippen molar-refractivity contribution in [3.63, 3.8) is 0 Å². The Kier molecular flexibility index (Phi) is 21.9. The molecule has 30 heteroatoms. The Labute approximate surface area is 495 Å². The van der Waals surface area contributed by atoms with E-state index in [1.807, 2.05) is 0 Å². The molecule has 0 radical (unpaired) electrons. The van der Waals surface area contributed by atoms with Crippen molar-refractivity contribution in [2.75, 3.05) is 39.6 Å². The molecular weight excluding hydrogens is 1150 g/mol. The number of Topliss-reactive ketones (excluding diaryl/α,β-unsaturated/α-hetero) is 2. The maximum atomic E-state index is 14.6. The van der Waals surface area contributed by atoms with Crippen molar-refractivity contribution in [2.24, 2.45) is 40.4 Å². The number of aliphatic hydroxyl groups excluding tert-OH is 16. The summed E-state index contributed by atoms with van der Waals surface area (Å²) in [4.78, 5) is 41.7. The summed E-state index contributed by atoms with van der Waals surface area (Å²) in [6.45, 7) is 3.18. The summed E-state index contributed by atoms with van der Waals surface area (Å²) < 4.78 is 64.6. The number of esters is 1. The van der Waals surface area contributed by atoms with Crippen molar-refractivity contribution in [1.29, 1.82) is 0 Å². The standard InChI is InChI=1S/C56H88O30/c1-20(18-76-50-44(73)40(69)37(66)29(14-57)80-50)5-8-34(64)79-28-12-26-24-7-6-22-11-23(9-10-55(22,3)25(24)13-33(63)56(26,4)35(28)21(2)61)78-52-46(75)42(71)47(32(17-60)83-52)84-54-49(86-53-45(74)41(70)38(67)30(15-58)81-53)48(39(68)31(16-59)82-54)85-51-43(72)36(65)27(62)19-77-51/h6,20,23-32,35-54,57-60,62,65-75H,5,7-19H2,1-4H3/t20-,23-,24+,25-,26-,27+,28-,29+,30+,31+,32+,35-,36?,37+,38+,39+,40-,41-,42+,43+,44+,45+,46+,47-,48-,49+,50+,51-,52+,53-,54-,55-,56+/m0/s1. The van der Waals surface area contributed by atoms with Crippen molar-refractivity contribution < 1.29 is 148 Å². The summed E-state index contributed by atoms with van der Waals surface area (Å²) in [5.41, 5.74) is -0.654. The van der Waals surface area contributed by atoms with Gasteiger partial charge in [0.2, 0.25) is 0 Å². The van der Waals surface area contributed by atoms with E-state index in [0.29, 0.717) is 25.7 Å². The fourth-order valence-corrected chi connectivity index (χ4v) is 14.9. The van der Waals surface area contributed by atoms with E-state index in [9.17, 15) is 96.1 Å². The van der Waals surface area contributed by atoms with Crippen molar-refractivity contribution in [2.45, 2.75) is 239 Å². The van der Waals surface area contributed by atoms with Crippen LogP contribution in [0.1, 0.15) is 79.1 Å². The van der Waals surface area contributed by atoms with Crippen LogP contribution in [0.3, 0.4) is 0 Å². The first-order chi connectivity index (χ1) is 40.7. The predicted octanol–water partition coefficient (Wildman–Crippen LogP) is -6.62. The maximum Gasteiger partial charge on any atom is 0.306 e. The van der Waals surface area contributed by atoms with Gasteiger partial charge in [-0.2, -0.15) is 0 Å². The maximum absolute atomic E-state index is 14.6. The number of ketones is 2. The SMILES string of the molecule is CC(=O)[C@H]1[C@@H](OC(=O)CC[C@H](C)CO[C@@H]2O[C@H](CO)[C@@H](O)[C@H](O)[C@H]2O)C[C@H]2[C@@H]3CC=C4C[C@@H](O[C@@H]5O[C@H](CO)[C@H](O[C@@H]6O[C@H](CO)[C@@H](O)[C@H](O[C@@H]7OC[C@@H](O)C(O)[C@H]7O)[C@H]6O[C@@H]6O[C@H](CO)[C@@H](O)[C@H](O)[C@H]6O)[C@H](O)[C@H]5O)CC[C@]4(C)[C@H]3CC(=O)[C@@]21C. The molecule has 30 nitrogen and oxygen atoms in total. The minimum absolute atomic E-state index is 0.0152. The van der Waals surface area contributed by atoms with E-state index < -0.39 is 215 Å². The highest BCUT2D eigenvalue weighted by molar-refractivity contribution is 5.94. The van der Waals surface area contributed by atoms with Crippen LogP contribution in [-0.4, -0.2) is 299 Å². The zero-order valence-electron chi connectivity index (χ0n) is 48.2. The molecular formula is C56H88O30. The number of hydrogen-bond donors (Lipinski definition) is 16. The molecule has 0 bridgehead atoms. The summed E-state index contributed by atoms with van der Waals surface area (Å²) in [5.74, 6) is -2.66. The quantitative estimate of drug-likeness (QED) is 0.0398. The fourth-order valence-electron chi connectivity index (χ4n) is 14.9. The first-order valence-corrected chi connectivity index (χ1v) is 29.7. The summed E-state index contributed by atoms with van der Waals surface area (Å²) in [6, 6.07) is 0. The highest BCUT2D eigenvalue weighted by Gasteiger charge is 2.67. The van der Waals surface area contributed by atoms with E-state index in [1.165, 1.54) is 6.92 Å². The van der Waals surface area contributed by atoms with E-state index in [1.54, 1.807) is 13.8 Å². The van der Waals surface area contributed by atoms with Crippen LogP contribution >= 0.6 is 0 Å². The second-order valence-electron chi connectivity index (χ2n) is 25.4.